The molecule has 0 amide bonds. The molecule has 0 spiro atoms. The summed E-state index contributed by atoms with van der Waals surface area (Å²) in [5.74, 6) is 0. The van der Waals surface area contributed by atoms with Crippen molar-refractivity contribution in [2.24, 2.45) is 0 Å². The van der Waals surface area contributed by atoms with Gasteiger partial charge in [-0.15, -0.1) is 0 Å². The smallest absolute Gasteiger partial charge is 0.245 e. The maximum Gasteiger partial charge on any atom is 0.475 e. The van der Waals surface area contributed by atoms with E-state index < -0.39 is 32.9 Å². The first-order valence-electron chi connectivity index (χ1n) is 4.75. The minimum absolute atomic E-state index is 0.0532. The van der Waals surface area contributed by atoms with Crippen molar-refractivity contribution in [3.63, 3.8) is 0 Å². The van der Waals surface area contributed by atoms with E-state index in [4.69, 9.17) is 0 Å². The van der Waals surface area contributed by atoms with Gasteiger partial charge in [-0.05, 0) is 30.2 Å². The normalized spacial score (nSPS) is 14.6. The van der Waals surface area contributed by atoms with E-state index in [0.717, 1.165) is 12.1 Å². The highest BCUT2D eigenvalue weighted by atomic mass is 32.2. The Balaban J connectivity index is 3.34. The van der Waals surface area contributed by atoms with E-state index in [0.29, 0.717) is 0 Å². The van der Waals surface area contributed by atoms with E-state index in [-0.39, 0.29) is 18.1 Å². The fraction of sp³-hybridized carbons (Fsp3) is 0.400. The summed E-state index contributed by atoms with van der Waals surface area (Å²) in [6, 6.07) is 1.89. The Kier molecular flexibility index (Phi) is 4.09. The summed E-state index contributed by atoms with van der Waals surface area (Å²) in [7, 11) is -3.46. The van der Waals surface area contributed by atoms with Crippen LogP contribution in [0, 0.1) is 0 Å². The molecular weight excluding hydrogens is 282 g/mol. The molecule has 0 fully saturated rings. The van der Waals surface area contributed by atoms with Crippen LogP contribution < -0.4 is 0 Å². The maximum absolute atomic E-state index is 12.5. The van der Waals surface area contributed by atoms with Crippen molar-refractivity contribution < 1.29 is 30.6 Å². The third kappa shape index (κ3) is 3.47. The molecule has 1 aromatic rings. The summed E-state index contributed by atoms with van der Waals surface area (Å²) >= 11 is 0. The molecule has 1 rings (SSSR count). The van der Waals surface area contributed by atoms with Gasteiger partial charge in [0.1, 0.15) is 0 Å². The molecular formula is C10H8F6OS. The Bertz CT molecular complexity index is 462. The number of hydrogen-bond donors (Lipinski definition) is 0. The van der Waals surface area contributed by atoms with E-state index >= 15 is 0 Å². The molecule has 1 aromatic carbocycles. The molecule has 8 heteroatoms. The molecule has 0 bridgehead atoms. The first-order chi connectivity index (χ1) is 8.05. The third-order valence-corrected chi connectivity index (χ3v) is 3.21. The van der Waals surface area contributed by atoms with Crippen LogP contribution in [0.2, 0.25) is 0 Å². The van der Waals surface area contributed by atoms with E-state index in [1.165, 1.54) is 6.92 Å². The predicted octanol–water partition coefficient (Wildman–Crippen LogP) is 3.90. The molecule has 0 aliphatic carbocycles. The standard InChI is InChI=1S/C10H8F6OS/c1-2-6-3-7(9(11,12)13)5-8(4-6)18(17)10(14,15)16/h3-5H,2H2,1H3. The van der Waals surface area contributed by atoms with Gasteiger partial charge in [0.15, 0.2) is 10.8 Å². The van der Waals surface area contributed by atoms with Crippen molar-refractivity contribution in [3.05, 3.63) is 29.3 Å². The molecule has 18 heavy (non-hydrogen) atoms. The Labute approximate surface area is 101 Å². The second kappa shape index (κ2) is 4.91. The molecule has 0 aliphatic heterocycles. The fourth-order valence-electron chi connectivity index (χ4n) is 1.27. The van der Waals surface area contributed by atoms with Crippen molar-refractivity contribution >= 4 is 10.8 Å². The molecule has 0 radical (unpaired) electrons. The first-order valence-corrected chi connectivity index (χ1v) is 5.90. The SMILES string of the molecule is CCc1cc(S(=O)C(F)(F)F)cc(C(F)(F)F)c1. The molecule has 1 nitrogen and oxygen atoms in total. The molecule has 0 aliphatic rings. The lowest BCUT2D eigenvalue weighted by Crippen LogP contribution is -2.17. The van der Waals surface area contributed by atoms with Gasteiger partial charge in [0, 0.05) is 4.90 Å². The minimum Gasteiger partial charge on any atom is -0.245 e. The zero-order valence-electron chi connectivity index (χ0n) is 9.02. The van der Waals surface area contributed by atoms with Crippen LogP contribution in [0.3, 0.4) is 0 Å². The quantitative estimate of drug-likeness (QED) is 0.755. The Morgan fingerprint density at radius 3 is 2.00 bits per heavy atom. The number of aryl methyl sites for hydroxylation is 1. The van der Waals surface area contributed by atoms with Gasteiger partial charge in [-0.3, -0.25) is 0 Å². The van der Waals surface area contributed by atoms with Gasteiger partial charge < -0.3 is 0 Å². The van der Waals surface area contributed by atoms with Gasteiger partial charge in [0.05, 0.1) is 5.56 Å². The highest BCUT2D eigenvalue weighted by Gasteiger charge is 2.39. The number of hydrogen-bond acceptors (Lipinski definition) is 1. The first kappa shape index (κ1) is 15.0. The topological polar surface area (TPSA) is 17.1 Å². The van der Waals surface area contributed by atoms with E-state index in [2.05, 4.69) is 0 Å². The lowest BCUT2D eigenvalue weighted by Gasteiger charge is -2.12. The Hall–Kier alpha value is -1.05. The van der Waals surface area contributed by atoms with Gasteiger partial charge in [-0.25, -0.2) is 4.21 Å². The van der Waals surface area contributed by atoms with Gasteiger partial charge in [0.25, 0.3) is 0 Å². The monoisotopic (exact) mass is 290 g/mol. The van der Waals surface area contributed by atoms with Crippen LogP contribution in [-0.2, 0) is 23.4 Å². The zero-order chi connectivity index (χ0) is 14.1. The van der Waals surface area contributed by atoms with E-state index in [1.807, 2.05) is 0 Å². The maximum atomic E-state index is 12.5. The summed E-state index contributed by atoms with van der Waals surface area (Å²) in [5, 5.41) is 0. The van der Waals surface area contributed by atoms with Crippen LogP contribution in [0.25, 0.3) is 0 Å². The number of alkyl halides is 6. The molecule has 102 valence electrons. The van der Waals surface area contributed by atoms with Crippen LogP contribution in [0.4, 0.5) is 26.3 Å². The van der Waals surface area contributed by atoms with Crippen molar-refractivity contribution in [3.8, 4) is 0 Å². The van der Waals surface area contributed by atoms with Crippen LogP contribution in [0.1, 0.15) is 18.1 Å². The van der Waals surface area contributed by atoms with Crippen molar-refractivity contribution in [2.45, 2.75) is 29.9 Å². The van der Waals surface area contributed by atoms with E-state index in [9.17, 15) is 30.6 Å². The highest BCUT2D eigenvalue weighted by Crippen LogP contribution is 2.34. The fourth-order valence-corrected chi connectivity index (χ4v) is 2.03. The second-order valence-corrected chi connectivity index (χ2v) is 4.90. The van der Waals surface area contributed by atoms with Gasteiger partial charge >= 0.3 is 11.7 Å². The van der Waals surface area contributed by atoms with E-state index in [1.54, 1.807) is 0 Å². The van der Waals surface area contributed by atoms with Crippen molar-refractivity contribution in [1.29, 1.82) is 0 Å². The van der Waals surface area contributed by atoms with Crippen LogP contribution in [0.5, 0.6) is 0 Å². The summed E-state index contributed by atoms with van der Waals surface area (Å²) < 4.78 is 85.1. The summed E-state index contributed by atoms with van der Waals surface area (Å²) in [5.41, 5.74) is -6.25. The largest absolute Gasteiger partial charge is 0.475 e. The lowest BCUT2D eigenvalue weighted by molar-refractivity contribution is -0.137. The van der Waals surface area contributed by atoms with Gasteiger partial charge in [-0.1, -0.05) is 6.92 Å². The van der Waals surface area contributed by atoms with Crippen LogP contribution >= 0.6 is 0 Å². The number of halogens is 6. The highest BCUT2D eigenvalue weighted by molar-refractivity contribution is 7.86. The molecule has 0 saturated carbocycles. The average molecular weight is 290 g/mol. The minimum atomic E-state index is -5.07. The molecule has 0 saturated heterocycles. The Morgan fingerprint density at radius 1 is 1.06 bits per heavy atom. The predicted molar refractivity (Wildman–Crippen MR) is 53.3 cm³/mol. The third-order valence-electron chi connectivity index (χ3n) is 2.13. The van der Waals surface area contributed by atoms with Crippen LogP contribution in [-0.4, -0.2) is 9.72 Å². The van der Waals surface area contributed by atoms with Crippen molar-refractivity contribution in [2.75, 3.05) is 0 Å². The zero-order valence-corrected chi connectivity index (χ0v) is 9.84. The van der Waals surface area contributed by atoms with Gasteiger partial charge in [-0.2, -0.15) is 26.3 Å². The van der Waals surface area contributed by atoms with Crippen LogP contribution in [0.15, 0.2) is 23.1 Å². The number of benzene rings is 1. The average Bonchev–Trinajstić information content (AvgIpc) is 2.25. The molecule has 0 N–H and O–H groups in total. The lowest BCUT2D eigenvalue weighted by atomic mass is 10.1. The summed E-state index contributed by atoms with van der Waals surface area (Å²) in [6.07, 6.45) is -4.65. The second-order valence-electron chi connectivity index (χ2n) is 3.43. The molecule has 0 aromatic heterocycles. The molecule has 1 atom stereocenters. The summed E-state index contributed by atoms with van der Waals surface area (Å²) in [4.78, 5) is -0.880. The molecule has 0 heterocycles. The van der Waals surface area contributed by atoms with Crippen molar-refractivity contribution in [1.82, 2.24) is 0 Å². The number of rotatable bonds is 2. The van der Waals surface area contributed by atoms with Gasteiger partial charge in [0.2, 0.25) is 0 Å². The Morgan fingerprint density at radius 2 is 1.61 bits per heavy atom. The summed E-state index contributed by atoms with van der Waals surface area (Å²) in [6.45, 7) is 1.50. The molecule has 1 unspecified atom stereocenters.